The first-order valence-corrected chi connectivity index (χ1v) is 8.30. The van der Waals surface area contributed by atoms with Crippen LogP contribution in [0.15, 0.2) is 36.7 Å². The van der Waals surface area contributed by atoms with Gasteiger partial charge in [-0.3, -0.25) is 4.98 Å². The lowest BCUT2D eigenvalue weighted by atomic mass is 9.91. The van der Waals surface area contributed by atoms with Crippen molar-refractivity contribution in [3.8, 4) is 11.5 Å². The largest absolute Gasteiger partial charge is 0.328 e. The van der Waals surface area contributed by atoms with Crippen LogP contribution in [0.2, 0.25) is 5.15 Å². The minimum absolute atomic E-state index is 0.239. The van der Waals surface area contributed by atoms with Crippen molar-refractivity contribution in [1.29, 1.82) is 0 Å². The van der Waals surface area contributed by atoms with E-state index in [-0.39, 0.29) is 6.04 Å². The fourth-order valence-electron chi connectivity index (χ4n) is 3.45. The summed E-state index contributed by atoms with van der Waals surface area (Å²) in [6.07, 6.45) is 7.87. The van der Waals surface area contributed by atoms with E-state index < -0.39 is 0 Å². The van der Waals surface area contributed by atoms with E-state index in [0.717, 1.165) is 48.2 Å². The first kappa shape index (κ1) is 14.6. The number of halogens is 1. The van der Waals surface area contributed by atoms with Crippen molar-refractivity contribution in [3.63, 3.8) is 0 Å². The first-order chi connectivity index (χ1) is 11.2. The monoisotopic (exact) mass is 327 g/mol. The fraction of sp³-hybridized carbons (Fsp3) is 0.353. The van der Waals surface area contributed by atoms with Crippen LogP contribution in [0.4, 0.5) is 0 Å². The lowest BCUT2D eigenvalue weighted by Crippen LogP contribution is -2.29. The summed E-state index contributed by atoms with van der Waals surface area (Å²) in [5, 5.41) is 0.454. The Kier molecular flexibility index (Phi) is 3.75. The molecule has 3 aromatic rings. The number of nitrogens with two attached hydrogens (primary N) is 1. The van der Waals surface area contributed by atoms with Gasteiger partial charge in [-0.2, -0.15) is 0 Å². The maximum absolute atomic E-state index is 6.20. The van der Waals surface area contributed by atoms with Crippen LogP contribution in [-0.2, 0) is 0 Å². The van der Waals surface area contributed by atoms with Gasteiger partial charge >= 0.3 is 0 Å². The standard InChI is InChI=1S/C17H18ClN5/c18-16-9-14-15(10-21-16)23(12-5-3-4-11(19)8-12)17(22-14)13-6-1-2-7-20-13/h1-2,6-7,9-12H,3-5,8,19H2/t11-,12+/m0/s1. The predicted molar refractivity (Wildman–Crippen MR) is 91.2 cm³/mol. The number of aromatic nitrogens is 4. The smallest absolute Gasteiger partial charge is 0.160 e. The van der Waals surface area contributed by atoms with E-state index in [1.54, 1.807) is 12.4 Å². The van der Waals surface area contributed by atoms with Gasteiger partial charge in [-0.1, -0.05) is 17.7 Å². The maximum atomic E-state index is 6.20. The average Bonchev–Trinajstić information content (AvgIpc) is 2.94. The molecule has 0 bridgehead atoms. The van der Waals surface area contributed by atoms with Gasteiger partial charge in [-0.05, 0) is 37.8 Å². The molecule has 1 fully saturated rings. The molecule has 0 saturated heterocycles. The molecule has 2 atom stereocenters. The second kappa shape index (κ2) is 5.91. The average molecular weight is 328 g/mol. The molecule has 3 aromatic heterocycles. The van der Waals surface area contributed by atoms with Crippen LogP contribution in [-0.4, -0.2) is 25.6 Å². The Bertz CT molecular complexity index is 830. The predicted octanol–water partition coefficient (Wildman–Crippen LogP) is 3.59. The number of nitrogens with zero attached hydrogens (tertiary/aromatic N) is 4. The van der Waals surface area contributed by atoms with Gasteiger partial charge in [0.2, 0.25) is 0 Å². The van der Waals surface area contributed by atoms with Gasteiger partial charge in [0.15, 0.2) is 5.82 Å². The fourth-order valence-corrected chi connectivity index (χ4v) is 3.60. The van der Waals surface area contributed by atoms with Crippen LogP contribution in [0, 0.1) is 0 Å². The Balaban J connectivity index is 1.92. The zero-order valence-corrected chi connectivity index (χ0v) is 13.4. The van der Waals surface area contributed by atoms with Crippen molar-refractivity contribution in [2.24, 2.45) is 5.73 Å². The Labute approximate surface area is 139 Å². The van der Waals surface area contributed by atoms with Crippen LogP contribution in [0.3, 0.4) is 0 Å². The van der Waals surface area contributed by atoms with E-state index in [4.69, 9.17) is 22.3 Å². The van der Waals surface area contributed by atoms with Crippen molar-refractivity contribution < 1.29 is 0 Å². The molecule has 118 valence electrons. The summed E-state index contributed by atoms with van der Waals surface area (Å²) < 4.78 is 2.25. The molecule has 1 saturated carbocycles. The summed E-state index contributed by atoms with van der Waals surface area (Å²) >= 11 is 6.04. The number of pyridine rings is 2. The minimum Gasteiger partial charge on any atom is -0.328 e. The van der Waals surface area contributed by atoms with E-state index in [0.29, 0.717) is 11.2 Å². The highest BCUT2D eigenvalue weighted by molar-refractivity contribution is 6.29. The molecule has 0 spiro atoms. The third kappa shape index (κ3) is 2.71. The molecule has 6 heteroatoms. The summed E-state index contributed by atoms with van der Waals surface area (Å²) in [5.41, 5.74) is 8.91. The molecule has 23 heavy (non-hydrogen) atoms. The molecular weight excluding hydrogens is 310 g/mol. The quantitative estimate of drug-likeness (QED) is 0.730. The van der Waals surface area contributed by atoms with Crippen LogP contribution < -0.4 is 5.73 Å². The van der Waals surface area contributed by atoms with Crippen molar-refractivity contribution >= 4 is 22.6 Å². The summed E-state index contributed by atoms with van der Waals surface area (Å²) in [7, 11) is 0. The number of hydrogen-bond donors (Lipinski definition) is 1. The third-order valence-corrected chi connectivity index (χ3v) is 4.70. The minimum atomic E-state index is 0.239. The van der Waals surface area contributed by atoms with E-state index in [9.17, 15) is 0 Å². The van der Waals surface area contributed by atoms with Gasteiger partial charge in [-0.15, -0.1) is 0 Å². The zero-order valence-electron chi connectivity index (χ0n) is 12.7. The van der Waals surface area contributed by atoms with Gasteiger partial charge in [0.05, 0.1) is 17.2 Å². The van der Waals surface area contributed by atoms with Gasteiger partial charge in [-0.25, -0.2) is 9.97 Å². The molecule has 2 N–H and O–H groups in total. The lowest BCUT2D eigenvalue weighted by molar-refractivity contribution is 0.327. The molecule has 0 unspecified atom stereocenters. The first-order valence-electron chi connectivity index (χ1n) is 7.93. The lowest BCUT2D eigenvalue weighted by Gasteiger charge is -2.29. The highest BCUT2D eigenvalue weighted by atomic mass is 35.5. The highest BCUT2D eigenvalue weighted by Gasteiger charge is 2.26. The van der Waals surface area contributed by atoms with Crippen LogP contribution in [0.1, 0.15) is 31.7 Å². The van der Waals surface area contributed by atoms with E-state index >= 15 is 0 Å². The van der Waals surface area contributed by atoms with Crippen LogP contribution in [0.25, 0.3) is 22.6 Å². The van der Waals surface area contributed by atoms with Crippen molar-refractivity contribution in [1.82, 2.24) is 19.5 Å². The Morgan fingerprint density at radius 2 is 2.13 bits per heavy atom. The molecule has 0 radical (unpaired) electrons. The second-order valence-corrected chi connectivity index (χ2v) is 6.48. The number of rotatable bonds is 2. The Morgan fingerprint density at radius 3 is 2.91 bits per heavy atom. The third-order valence-electron chi connectivity index (χ3n) is 4.49. The molecule has 5 nitrogen and oxygen atoms in total. The van der Waals surface area contributed by atoms with Gasteiger partial charge in [0.1, 0.15) is 10.8 Å². The second-order valence-electron chi connectivity index (χ2n) is 6.10. The van der Waals surface area contributed by atoms with Crippen molar-refractivity contribution in [2.75, 3.05) is 0 Å². The number of imidazole rings is 1. The van der Waals surface area contributed by atoms with Crippen molar-refractivity contribution in [3.05, 3.63) is 41.8 Å². The molecule has 1 aliphatic carbocycles. The number of fused-ring (bicyclic) bond motifs is 1. The topological polar surface area (TPSA) is 69.6 Å². The summed E-state index contributed by atoms with van der Waals surface area (Å²) in [5.74, 6) is 0.865. The number of hydrogen-bond acceptors (Lipinski definition) is 4. The highest BCUT2D eigenvalue weighted by Crippen LogP contribution is 2.35. The van der Waals surface area contributed by atoms with E-state index in [1.165, 1.54) is 0 Å². The van der Waals surface area contributed by atoms with E-state index in [1.807, 2.05) is 24.3 Å². The maximum Gasteiger partial charge on any atom is 0.160 e. The summed E-state index contributed by atoms with van der Waals surface area (Å²) in [6.45, 7) is 0. The molecular formula is C17H18ClN5. The summed E-state index contributed by atoms with van der Waals surface area (Å²) in [4.78, 5) is 13.5. The SMILES string of the molecule is N[C@H]1CCC[C@@H](n2c(-c3ccccn3)nc3cc(Cl)ncc32)C1. The molecule has 3 heterocycles. The normalized spacial score (nSPS) is 21.7. The molecule has 1 aliphatic rings. The van der Waals surface area contributed by atoms with Gasteiger partial charge in [0.25, 0.3) is 0 Å². The van der Waals surface area contributed by atoms with E-state index in [2.05, 4.69) is 14.5 Å². The molecule has 0 amide bonds. The summed E-state index contributed by atoms with van der Waals surface area (Å²) in [6, 6.07) is 8.24. The van der Waals surface area contributed by atoms with Crippen LogP contribution in [0.5, 0.6) is 0 Å². The molecule has 0 aromatic carbocycles. The van der Waals surface area contributed by atoms with Crippen molar-refractivity contribution in [2.45, 2.75) is 37.8 Å². The van der Waals surface area contributed by atoms with Gasteiger partial charge < -0.3 is 10.3 Å². The van der Waals surface area contributed by atoms with Gasteiger partial charge in [0, 0.05) is 24.3 Å². The van der Waals surface area contributed by atoms with Crippen LogP contribution >= 0.6 is 11.6 Å². The molecule has 4 rings (SSSR count). The Hall–Kier alpha value is -1.98. The zero-order chi connectivity index (χ0) is 15.8. The Morgan fingerprint density at radius 1 is 1.22 bits per heavy atom. The molecule has 0 aliphatic heterocycles.